The zero-order valence-corrected chi connectivity index (χ0v) is 20.3. The van der Waals surface area contributed by atoms with Gasteiger partial charge in [0.25, 0.3) is 0 Å². The van der Waals surface area contributed by atoms with Crippen molar-refractivity contribution in [3.63, 3.8) is 0 Å². The van der Waals surface area contributed by atoms with E-state index < -0.39 is 18.0 Å². The molecule has 4 rings (SSSR count). The van der Waals surface area contributed by atoms with Gasteiger partial charge in [0, 0.05) is 12.6 Å². The highest BCUT2D eigenvalue weighted by molar-refractivity contribution is 6.03. The van der Waals surface area contributed by atoms with Gasteiger partial charge in [0.15, 0.2) is 23.1 Å². The van der Waals surface area contributed by atoms with Crippen molar-refractivity contribution < 1.29 is 15.0 Å². The summed E-state index contributed by atoms with van der Waals surface area (Å²) in [6.45, 7) is 6.77. The van der Waals surface area contributed by atoms with Gasteiger partial charge >= 0.3 is 6.09 Å². The number of imidazole rings is 1. The number of nitrogens with zero attached hydrogens (tertiary/aromatic N) is 4. The summed E-state index contributed by atoms with van der Waals surface area (Å²) in [5.41, 5.74) is 1.09. The zero-order valence-electron chi connectivity index (χ0n) is 20.3. The zero-order chi connectivity index (χ0) is 24.4. The molecule has 10 heteroatoms. The minimum absolute atomic E-state index is 0.0355. The maximum absolute atomic E-state index is 11.1. The lowest BCUT2D eigenvalue weighted by atomic mass is 9.80. The summed E-state index contributed by atoms with van der Waals surface area (Å²) in [4.78, 5) is 24.9. The monoisotopic (exact) mass is 471 g/mol. The average Bonchev–Trinajstić information content (AvgIpc) is 3.10. The van der Waals surface area contributed by atoms with Crippen LogP contribution in [0.15, 0.2) is 0 Å². The lowest BCUT2D eigenvalue weighted by Gasteiger charge is -2.32. The number of fused-ring (bicyclic) bond motifs is 1. The van der Waals surface area contributed by atoms with Crippen molar-refractivity contribution >= 4 is 28.9 Å². The Kier molecular flexibility index (Phi) is 7.35. The number of carboxylic acid groups (broad SMARTS) is 1. The Bertz CT molecular complexity index is 1040. The molecule has 2 aromatic heterocycles. The van der Waals surface area contributed by atoms with Gasteiger partial charge in [-0.2, -0.15) is 0 Å². The van der Waals surface area contributed by atoms with Crippen LogP contribution in [0, 0.1) is 23.2 Å². The molecule has 34 heavy (non-hydrogen) atoms. The average molecular weight is 472 g/mol. The van der Waals surface area contributed by atoms with Gasteiger partial charge in [-0.05, 0) is 50.4 Å². The first-order chi connectivity index (χ1) is 16.2. The summed E-state index contributed by atoms with van der Waals surface area (Å²) in [7, 11) is 0. The predicted octanol–water partition coefficient (Wildman–Crippen LogP) is 4.29. The van der Waals surface area contributed by atoms with E-state index in [1.54, 1.807) is 0 Å². The third-order valence-electron chi connectivity index (χ3n) is 7.37. The Hall–Kier alpha value is -2.75. The summed E-state index contributed by atoms with van der Waals surface area (Å²) in [5.74, 6) is 1.66. The maximum Gasteiger partial charge on any atom is 0.410 e. The van der Waals surface area contributed by atoms with Crippen LogP contribution in [0.2, 0.25) is 0 Å². The first-order valence-electron chi connectivity index (χ1n) is 12.6. The number of aliphatic hydroxyl groups is 1. The van der Waals surface area contributed by atoms with Crippen LogP contribution in [0.25, 0.3) is 11.2 Å². The van der Waals surface area contributed by atoms with Gasteiger partial charge in [-0.3, -0.25) is 10.7 Å². The molecule has 1 amide bonds. The fraction of sp³-hybridized carbons (Fsp3) is 0.708. The lowest BCUT2D eigenvalue weighted by molar-refractivity contribution is 0.112. The van der Waals surface area contributed by atoms with Crippen LogP contribution in [0.5, 0.6) is 0 Å². The van der Waals surface area contributed by atoms with Crippen molar-refractivity contribution in [3.8, 4) is 0 Å². The van der Waals surface area contributed by atoms with Crippen LogP contribution in [0.4, 0.5) is 10.6 Å². The van der Waals surface area contributed by atoms with Crippen molar-refractivity contribution in [1.82, 2.24) is 24.8 Å². The summed E-state index contributed by atoms with van der Waals surface area (Å²) in [6, 6.07) is 0.165. The Labute approximate surface area is 200 Å². The largest absolute Gasteiger partial charge is 0.465 e. The van der Waals surface area contributed by atoms with Gasteiger partial charge in [-0.15, -0.1) is 0 Å². The lowest BCUT2D eigenvalue weighted by Crippen LogP contribution is -2.33. The third kappa shape index (κ3) is 5.16. The molecule has 2 saturated carbocycles. The summed E-state index contributed by atoms with van der Waals surface area (Å²) in [6.07, 6.45) is 7.39. The van der Waals surface area contributed by atoms with Crippen molar-refractivity contribution in [1.29, 1.82) is 5.41 Å². The molecule has 0 radical (unpaired) electrons. The van der Waals surface area contributed by atoms with Crippen molar-refractivity contribution in [2.75, 3.05) is 5.32 Å². The van der Waals surface area contributed by atoms with E-state index in [1.807, 2.05) is 19.2 Å². The van der Waals surface area contributed by atoms with Crippen LogP contribution in [-0.4, -0.2) is 47.7 Å². The molecule has 186 valence electrons. The van der Waals surface area contributed by atoms with Crippen molar-refractivity contribution in [3.05, 3.63) is 11.6 Å². The van der Waals surface area contributed by atoms with Gasteiger partial charge in [0.1, 0.15) is 17.4 Å². The maximum atomic E-state index is 11.1. The molecule has 1 unspecified atom stereocenters. The Morgan fingerprint density at radius 3 is 2.38 bits per heavy atom. The van der Waals surface area contributed by atoms with Crippen LogP contribution in [0.1, 0.15) is 89.9 Å². The first-order valence-corrected chi connectivity index (χ1v) is 12.6. The number of aliphatic hydroxyl groups excluding tert-OH is 1. The normalized spacial score (nSPS) is 19.1. The SMILES string of the molecule is CC(C)C(O)c1nc2nc(C(=N)NC(=O)O)nc(N[C@H](C)C3CCC3)c2n1CC1CCCCC1. The van der Waals surface area contributed by atoms with Gasteiger partial charge in [0.2, 0.25) is 0 Å². The number of hydrogen-bond acceptors (Lipinski definition) is 7. The number of anilines is 1. The highest BCUT2D eigenvalue weighted by atomic mass is 16.4. The van der Waals surface area contributed by atoms with E-state index in [1.165, 1.54) is 25.7 Å². The number of rotatable bonds is 8. The molecular formula is C24H37N7O3. The molecule has 0 bridgehead atoms. The van der Waals surface area contributed by atoms with E-state index in [9.17, 15) is 9.90 Å². The Morgan fingerprint density at radius 1 is 1.09 bits per heavy atom. The second-order valence-electron chi connectivity index (χ2n) is 10.3. The fourth-order valence-corrected chi connectivity index (χ4v) is 5.04. The first kappa shape index (κ1) is 24.4. The molecule has 2 heterocycles. The highest BCUT2D eigenvalue weighted by Crippen LogP contribution is 2.35. The molecule has 10 nitrogen and oxygen atoms in total. The minimum Gasteiger partial charge on any atom is -0.465 e. The van der Waals surface area contributed by atoms with Gasteiger partial charge in [-0.25, -0.2) is 19.7 Å². The van der Waals surface area contributed by atoms with E-state index in [0.717, 1.165) is 37.7 Å². The number of aromatic nitrogens is 4. The molecule has 0 spiro atoms. The Balaban J connectivity index is 1.83. The van der Waals surface area contributed by atoms with Crippen molar-refractivity contribution in [2.24, 2.45) is 17.8 Å². The molecule has 5 N–H and O–H groups in total. The van der Waals surface area contributed by atoms with E-state index in [-0.39, 0.29) is 17.8 Å². The van der Waals surface area contributed by atoms with E-state index in [0.29, 0.717) is 29.1 Å². The number of amides is 1. The number of hydrogen-bond donors (Lipinski definition) is 5. The van der Waals surface area contributed by atoms with Crippen molar-refractivity contribution in [2.45, 2.75) is 90.8 Å². The molecule has 0 saturated heterocycles. The summed E-state index contributed by atoms with van der Waals surface area (Å²) >= 11 is 0. The van der Waals surface area contributed by atoms with Crippen LogP contribution >= 0.6 is 0 Å². The quantitative estimate of drug-likeness (QED) is 0.285. The summed E-state index contributed by atoms with van der Waals surface area (Å²) in [5, 5.41) is 33.8. The molecular weight excluding hydrogens is 434 g/mol. The molecule has 0 aromatic carbocycles. The Morgan fingerprint density at radius 2 is 1.79 bits per heavy atom. The smallest absolute Gasteiger partial charge is 0.410 e. The van der Waals surface area contributed by atoms with E-state index >= 15 is 0 Å². The molecule has 2 atom stereocenters. The number of carbonyl (C=O) groups is 1. The standard InChI is InChI=1S/C24H37N7O3/c1-13(2)18(32)23-30-21-17(31(23)12-15-8-5-4-6-9-15)20(26-14(3)16-10-7-11-16)28-22(29-21)19(25)27-24(33)34/h13-16,18,32H,4-12H2,1-3H3,(H2,25,27)(H,33,34)(H,26,28,29)/t14-,18?/m1/s1. The second kappa shape index (κ2) is 10.2. The molecule has 2 aliphatic rings. The van der Waals surface area contributed by atoms with E-state index in [4.69, 9.17) is 15.5 Å². The minimum atomic E-state index is -1.34. The second-order valence-corrected chi connectivity index (χ2v) is 10.3. The van der Waals surface area contributed by atoms with Gasteiger partial charge < -0.3 is 20.1 Å². The van der Waals surface area contributed by atoms with Gasteiger partial charge in [0.05, 0.1) is 0 Å². The number of amidine groups is 1. The topological polar surface area (TPSA) is 149 Å². The fourth-order valence-electron chi connectivity index (χ4n) is 5.04. The van der Waals surface area contributed by atoms with Gasteiger partial charge in [-0.1, -0.05) is 39.5 Å². The molecule has 0 aliphatic heterocycles. The highest BCUT2D eigenvalue weighted by Gasteiger charge is 2.30. The van der Waals surface area contributed by atoms with E-state index in [2.05, 4.69) is 26.8 Å². The van der Waals surface area contributed by atoms with Crippen LogP contribution in [0.3, 0.4) is 0 Å². The number of nitrogens with one attached hydrogen (secondary N) is 3. The van der Waals surface area contributed by atoms with Crippen LogP contribution < -0.4 is 10.6 Å². The molecule has 2 aromatic rings. The molecule has 2 aliphatic carbocycles. The third-order valence-corrected chi connectivity index (χ3v) is 7.37. The summed E-state index contributed by atoms with van der Waals surface area (Å²) < 4.78 is 2.07. The predicted molar refractivity (Wildman–Crippen MR) is 130 cm³/mol. The van der Waals surface area contributed by atoms with Crippen LogP contribution in [-0.2, 0) is 6.54 Å². The molecule has 2 fully saturated rings.